The standard InChI is InChI=1S/C24H23N5O7S/c25-14-21(30)28-24(33)20-11-8-17(15-27-20)23(32)29-37(34,35)19-9-6-16(7-10-19)22(31)26-12-13-36-18-4-2-1-3-5-18/h1-11,15H,12-14,25H2,(H,26,31)(H,29,32)(H,28,30,33). The summed E-state index contributed by atoms with van der Waals surface area (Å²) in [7, 11) is -4.26. The molecule has 0 spiro atoms. The first-order valence-electron chi connectivity index (χ1n) is 10.8. The summed E-state index contributed by atoms with van der Waals surface area (Å²) in [6.07, 6.45) is 0.988. The second kappa shape index (κ2) is 12.4. The van der Waals surface area contributed by atoms with Crippen LogP contribution >= 0.6 is 0 Å². The third kappa shape index (κ3) is 7.68. The largest absolute Gasteiger partial charge is 0.492 e. The first-order chi connectivity index (χ1) is 17.7. The van der Waals surface area contributed by atoms with Crippen LogP contribution < -0.4 is 25.8 Å². The van der Waals surface area contributed by atoms with Crippen molar-refractivity contribution in [2.45, 2.75) is 4.90 Å². The van der Waals surface area contributed by atoms with Gasteiger partial charge in [0.25, 0.3) is 27.7 Å². The predicted molar refractivity (Wildman–Crippen MR) is 131 cm³/mol. The Morgan fingerprint density at radius 2 is 1.51 bits per heavy atom. The van der Waals surface area contributed by atoms with Gasteiger partial charge in [-0.05, 0) is 48.5 Å². The fourth-order valence-electron chi connectivity index (χ4n) is 2.88. The summed E-state index contributed by atoms with van der Waals surface area (Å²) < 4.78 is 32.6. The highest BCUT2D eigenvalue weighted by molar-refractivity contribution is 7.90. The highest BCUT2D eigenvalue weighted by atomic mass is 32.2. The Hall–Kier alpha value is -4.62. The first kappa shape index (κ1) is 27.0. The fraction of sp³-hybridized carbons (Fsp3) is 0.125. The molecule has 0 atom stereocenters. The number of amides is 4. The molecule has 0 unspecified atom stereocenters. The number of imide groups is 1. The Bertz CT molecular complexity index is 1380. The molecule has 1 aromatic heterocycles. The fourth-order valence-corrected chi connectivity index (χ4v) is 3.86. The van der Waals surface area contributed by atoms with Crippen molar-refractivity contribution >= 4 is 33.7 Å². The molecule has 0 bridgehead atoms. The maximum atomic E-state index is 12.6. The van der Waals surface area contributed by atoms with Crippen LogP contribution in [-0.2, 0) is 14.8 Å². The topological polar surface area (TPSA) is 187 Å². The van der Waals surface area contributed by atoms with E-state index in [1.165, 1.54) is 30.3 Å². The lowest BCUT2D eigenvalue weighted by atomic mass is 10.2. The lowest BCUT2D eigenvalue weighted by Crippen LogP contribution is -2.36. The Labute approximate surface area is 212 Å². The second-order valence-electron chi connectivity index (χ2n) is 7.39. The number of para-hydroxylation sites is 1. The van der Waals surface area contributed by atoms with Crippen molar-refractivity contribution in [3.63, 3.8) is 0 Å². The van der Waals surface area contributed by atoms with Crippen LogP contribution in [0.2, 0.25) is 0 Å². The molecule has 0 saturated carbocycles. The molecular weight excluding hydrogens is 502 g/mol. The number of nitrogens with zero attached hydrogens (tertiary/aromatic N) is 1. The number of ether oxygens (including phenoxy) is 1. The number of pyridine rings is 1. The van der Waals surface area contributed by atoms with Crippen LogP contribution in [0.25, 0.3) is 0 Å². The molecule has 0 aliphatic rings. The third-order valence-corrected chi connectivity index (χ3v) is 6.10. The van der Waals surface area contributed by atoms with E-state index in [2.05, 4.69) is 10.3 Å². The number of benzene rings is 2. The van der Waals surface area contributed by atoms with Crippen molar-refractivity contribution in [3.8, 4) is 5.75 Å². The van der Waals surface area contributed by atoms with Gasteiger partial charge < -0.3 is 15.8 Å². The molecule has 0 radical (unpaired) electrons. The second-order valence-corrected chi connectivity index (χ2v) is 9.07. The molecule has 0 saturated heterocycles. The van der Waals surface area contributed by atoms with Gasteiger partial charge in [-0.3, -0.25) is 29.5 Å². The average molecular weight is 526 g/mol. The highest BCUT2D eigenvalue weighted by Crippen LogP contribution is 2.12. The van der Waals surface area contributed by atoms with E-state index in [1.807, 2.05) is 28.2 Å². The quantitative estimate of drug-likeness (QED) is 0.269. The molecule has 0 aliphatic carbocycles. The number of hydrogen-bond donors (Lipinski definition) is 4. The lowest BCUT2D eigenvalue weighted by Gasteiger charge is -2.09. The lowest BCUT2D eigenvalue weighted by molar-refractivity contribution is -0.118. The van der Waals surface area contributed by atoms with Gasteiger partial charge in [0.1, 0.15) is 18.1 Å². The minimum Gasteiger partial charge on any atom is -0.492 e. The van der Waals surface area contributed by atoms with Crippen LogP contribution in [0, 0.1) is 0 Å². The molecule has 192 valence electrons. The molecule has 0 aliphatic heterocycles. The molecule has 37 heavy (non-hydrogen) atoms. The number of nitrogens with one attached hydrogen (secondary N) is 3. The van der Waals surface area contributed by atoms with Gasteiger partial charge in [0.2, 0.25) is 5.91 Å². The Kier molecular flexibility index (Phi) is 9.02. The first-order valence-corrected chi connectivity index (χ1v) is 12.3. The van der Waals surface area contributed by atoms with Gasteiger partial charge in [0.15, 0.2) is 0 Å². The van der Waals surface area contributed by atoms with E-state index in [0.717, 1.165) is 12.3 Å². The van der Waals surface area contributed by atoms with E-state index < -0.39 is 33.7 Å². The van der Waals surface area contributed by atoms with Crippen molar-refractivity contribution in [2.75, 3.05) is 19.7 Å². The number of hydrogen-bond acceptors (Lipinski definition) is 9. The zero-order valence-corrected chi connectivity index (χ0v) is 20.2. The van der Waals surface area contributed by atoms with Crippen LogP contribution in [0.1, 0.15) is 31.2 Å². The van der Waals surface area contributed by atoms with Crippen molar-refractivity contribution in [1.29, 1.82) is 0 Å². The van der Waals surface area contributed by atoms with Gasteiger partial charge in [-0.15, -0.1) is 0 Å². The van der Waals surface area contributed by atoms with E-state index in [4.69, 9.17) is 10.5 Å². The molecule has 13 heteroatoms. The van der Waals surface area contributed by atoms with E-state index in [1.54, 1.807) is 12.1 Å². The van der Waals surface area contributed by atoms with Crippen molar-refractivity contribution in [1.82, 2.24) is 20.3 Å². The molecule has 3 aromatic rings. The number of nitrogens with two attached hydrogens (primary N) is 1. The van der Waals surface area contributed by atoms with Gasteiger partial charge in [0.05, 0.1) is 23.5 Å². The molecule has 5 N–H and O–H groups in total. The summed E-state index contributed by atoms with van der Waals surface area (Å²) in [5.41, 5.74) is 5.03. The summed E-state index contributed by atoms with van der Waals surface area (Å²) >= 11 is 0. The third-order valence-electron chi connectivity index (χ3n) is 4.75. The number of carbonyl (C=O) groups excluding carboxylic acids is 4. The van der Waals surface area contributed by atoms with Gasteiger partial charge in [-0.1, -0.05) is 18.2 Å². The van der Waals surface area contributed by atoms with Gasteiger partial charge >= 0.3 is 0 Å². The zero-order valence-electron chi connectivity index (χ0n) is 19.3. The van der Waals surface area contributed by atoms with Crippen LogP contribution in [0.5, 0.6) is 5.75 Å². The molecular formula is C24H23N5O7S. The van der Waals surface area contributed by atoms with Gasteiger partial charge in [0, 0.05) is 11.8 Å². The van der Waals surface area contributed by atoms with Crippen molar-refractivity contribution in [2.24, 2.45) is 5.73 Å². The van der Waals surface area contributed by atoms with E-state index in [0.29, 0.717) is 5.75 Å². The number of aromatic nitrogens is 1. The number of sulfonamides is 1. The van der Waals surface area contributed by atoms with Crippen LogP contribution in [0.3, 0.4) is 0 Å². The SMILES string of the molecule is NCC(=O)NC(=O)c1ccc(C(=O)NS(=O)(=O)c2ccc(C(=O)NCCOc3ccccc3)cc2)cn1. The maximum Gasteiger partial charge on any atom is 0.276 e. The number of rotatable bonds is 10. The zero-order chi connectivity index (χ0) is 26.8. The average Bonchev–Trinajstić information content (AvgIpc) is 2.91. The molecule has 0 fully saturated rings. The van der Waals surface area contributed by atoms with Crippen molar-refractivity contribution in [3.05, 3.63) is 89.7 Å². The Morgan fingerprint density at radius 1 is 0.838 bits per heavy atom. The molecule has 2 aromatic carbocycles. The monoisotopic (exact) mass is 525 g/mol. The van der Waals surface area contributed by atoms with Crippen LogP contribution in [0.4, 0.5) is 0 Å². The highest BCUT2D eigenvalue weighted by Gasteiger charge is 2.20. The van der Waals surface area contributed by atoms with Gasteiger partial charge in [-0.25, -0.2) is 13.1 Å². The molecule has 1 heterocycles. The minimum atomic E-state index is -4.26. The maximum absolute atomic E-state index is 12.6. The normalized spacial score (nSPS) is 10.7. The summed E-state index contributed by atoms with van der Waals surface area (Å²) in [6.45, 7) is 0.0989. The summed E-state index contributed by atoms with van der Waals surface area (Å²) in [5, 5.41) is 4.65. The number of carbonyl (C=O) groups is 4. The van der Waals surface area contributed by atoms with Gasteiger partial charge in [-0.2, -0.15) is 0 Å². The molecule has 12 nitrogen and oxygen atoms in total. The molecule has 3 rings (SSSR count). The van der Waals surface area contributed by atoms with Crippen LogP contribution in [-0.4, -0.2) is 56.7 Å². The summed E-state index contributed by atoms with van der Waals surface area (Å²) in [4.78, 5) is 51.2. The Morgan fingerprint density at radius 3 is 2.14 bits per heavy atom. The Balaban J connectivity index is 1.54. The van der Waals surface area contributed by atoms with E-state index in [9.17, 15) is 27.6 Å². The summed E-state index contributed by atoms with van der Waals surface area (Å²) in [6, 6.07) is 16.4. The molecule has 4 amide bonds. The minimum absolute atomic E-state index is 0.140. The predicted octanol–water partition coefficient (Wildman–Crippen LogP) is 0.224. The van der Waals surface area contributed by atoms with Crippen molar-refractivity contribution < 1.29 is 32.3 Å². The van der Waals surface area contributed by atoms with E-state index in [-0.39, 0.29) is 41.4 Å². The smallest absolute Gasteiger partial charge is 0.276 e. The van der Waals surface area contributed by atoms with E-state index >= 15 is 0 Å². The van der Waals surface area contributed by atoms with Crippen LogP contribution in [0.15, 0.2) is 77.8 Å². The summed E-state index contributed by atoms with van der Waals surface area (Å²) in [5.74, 6) is -2.27.